The molecule has 326 valence electrons. The summed E-state index contributed by atoms with van der Waals surface area (Å²) < 4.78 is 13.5. The minimum atomic E-state index is 0.840. The van der Waals surface area contributed by atoms with Gasteiger partial charge in [0, 0.05) is 55.7 Å². The molecule has 15 aromatic rings. The lowest BCUT2D eigenvalue weighted by Crippen LogP contribution is -2.09. The Bertz CT molecular complexity index is 4310. The van der Waals surface area contributed by atoms with Gasteiger partial charge in [-0.3, -0.25) is 0 Å². The predicted octanol–water partition coefficient (Wildman–Crippen LogP) is 19.3. The van der Waals surface area contributed by atoms with E-state index < -0.39 is 0 Å². The Hall–Kier alpha value is -9.38. The largest absolute Gasteiger partial charge is 0.456 e. The molecular formula is C66H40N2O2. The van der Waals surface area contributed by atoms with E-state index in [1.807, 2.05) is 0 Å². The van der Waals surface area contributed by atoms with Crippen LogP contribution >= 0.6 is 0 Å². The summed E-state index contributed by atoms with van der Waals surface area (Å²) in [6, 6.07) is 87.6. The molecule has 0 spiro atoms. The lowest BCUT2D eigenvalue weighted by Gasteiger charge is -2.26. The Kier molecular flexibility index (Phi) is 8.33. The highest BCUT2D eigenvalue weighted by Gasteiger charge is 2.20. The van der Waals surface area contributed by atoms with Gasteiger partial charge in [0.05, 0.1) is 0 Å². The molecule has 0 atom stereocenters. The number of para-hydroxylation sites is 2. The van der Waals surface area contributed by atoms with Gasteiger partial charge in [0.1, 0.15) is 22.3 Å². The predicted molar refractivity (Wildman–Crippen MR) is 295 cm³/mol. The Morgan fingerprint density at radius 2 is 0.514 bits per heavy atom. The fraction of sp³-hybridized carbons (Fsp3) is 0. The molecule has 4 heteroatoms. The molecule has 2 heterocycles. The molecule has 15 rings (SSSR count). The van der Waals surface area contributed by atoms with Crippen LogP contribution in [0, 0.1) is 0 Å². The summed E-state index contributed by atoms with van der Waals surface area (Å²) in [7, 11) is 0. The maximum Gasteiger partial charge on any atom is 0.136 e. The third-order valence-electron chi connectivity index (χ3n) is 14.5. The Morgan fingerprint density at radius 1 is 0.186 bits per heavy atom. The summed E-state index contributed by atoms with van der Waals surface area (Å²) in [5.74, 6) is 0. The zero-order valence-electron chi connectivity index (χ0n) is 37.8. The first kappa shape index (κ1) is 38.7. The highest BCUT2D eigenvalue weighted by atomic mass is 16.3. The van der Waals surface area contributed by atoms with Crippen LogP contribution in [0.3, 0.4) is 0 Å². The average Bonchev–Trinajstić information content (AvgIpc) is 3.94. The van der Waals surface area contributed by atoms with Crippen molar-refractivity contribution in [1.82, 2.24) is 0 Å². The summed E-state index contributed by atoms with van der Waals surface area (Å²) in [6.45, 7) is 0. The van der Waals surface area contributed by atoms with Crippen LogP contribution in [0.4, 0.5) is 34.1 Å². The molecule has 70 heavy (non-hydrogen) atoms. The molecule has 0 aliphatic carbocycles. The van der Waals surface area contributed by atoms with Crippen molar-refractivity contribution in [3.8, 4) is 0 Å². The van der Waals surface area contributed by atoms with Gasteiger partial charge in [-0.25, -0.2) is 0 Å². The maximum absolute atomic E-state index is 6.75. The third kappa shape index (κ3) is 6.10. The fourth-order valence-electron chi connectivity index (χ4n) is 11.1. The highest BCUT2D eigenvalue weighted by Crippen LogP contribution is 2.44. The molecule has 0 bridgehead atoms. The first-order valence-electron chi connectivity index (χ1n) is 23.9. The number of rotatable bonds is 6. The van der Waals surface area contributed by atoms with Crippen LogP contribution in [-0.2, 0) is 0 Å². The van der Waals surface area contributed by atoms with E-state index in [-0.39, 0.29) is 0 Å². The topological polar surface area (TPSA) is 32.8 Å². The second-order valence-electron chi connectivity index (χ2n) is 18.5. The Balaban J connectivity index is 0.820. The number of benzene rings is 13. The van der Waals surface area contributed by atoms with Gasteiger partial charge >= 0.3 is 0 Å². The minimum Gasteiger partial charge on any atom is -0.456 e. The molecule has 0 saturated carbocycles. The van der Waals surface area contributed by atoms with Gasteiger partial charge in [0.25, 0.3) is 0 Å². The van der Waals surface area contributed by atoms with E-state index in [0.29, 0.717) is 0 Å². The van der Waals surface area contributed by atoms with Crippen molar-refractivity contribution in [2.24, 2.45) is 0 Å². The molecule has 0 unspecified atom stereocenters. The number of fused-ring (bicyclic) bond motifs is 14. The Morgan fingerprint density at radius 3 is 0.957 bits per heavy atom. The molecule has 0 radical (unpaired) electrons. The molecule has 0 amide bonds. The number of furan rings is 2. The molecule has 0 fully saturated rings. The first-order chi connectivity index (χ1) is 34.6. The normalized spacial score (nSPS) is 12.0. The van der Waals surface area contributed by atoms with E-state index in [1.165, 1.54) is 43.1 Å². The van der Waals surface area contributed by atoms with E-state index in [1.54, 1.807) is 0 Å². The van der Waals surface area contributed by atoms with Crippen LogP contribution < -0.4 is 9.80 Å². The zero-order chi connectivity index (χ0) is 45.9. The van der Waals surface area contributed by atoms with Crippen molar-refractivity contribution in [3.05, 3.63) is 243 Å². The monoisotopic (exact) mass is 892 g/mol. The standard InChI is InChI=1S/C66H40N2O2/c1-3-13-49(14-4-1)67(53-27-23-43-21-19-41-11-7-9-17-55(41)57(43)37-53)51-29-25-45-33-59-61-39-66-62(40-65(61)69-63(59)35-47(45)31-51)60-34-46-26-30-52(32-48(46)36-64(60)70-66)68(50-15-5-2-6-16-50)54-28-24-44-22-20-42-12-8-10-18-56(42)58(44)38-54/h1-40H. The van der Waals surface area contributed by atoms with Crippen LogP contribution in [0.25, 0.3) is 109 Å². The van der Waals surface area contributed by atoms with Crippen LogP contribution in [0.1, 0.15) is 0 Å². The lowest BCUT2D eigenvalue weighted by molar-refractivity contribution is 0.664. The fourth-order valence-corrected chi connectivity index (χ4v) is 11.1. The minimum absolute atomic E-state index is 0.840. The summed E-state index contributed by atoms with van der Waals surface area (Å²) in [4.78, 5) is 4.69. The van der Waals surface area contributed by atoms with Crippen molar-refractivity contribution in [3.63, 3.8) is 0 Å². The molecule has 0 aliphatic heterocycles. The van der Waals surface area contributed by atoms with Crippen molar-refractivity contribution in [2.45, 2.75) is 0 Å². The number of hydrogen-bond acceptors (Lipinski definition) is 4. The molecule has 0 saturated heterocycles. The van der Waals surface area contributed by atoms with Crippen LogP contribution in [-0.4, -0.2) is 0 Å². The van der Waals surface area contributed by atoms with E-state index in [4.69, 9.17) is 8.83 Å². The average molecular weight is 893 g/mol. The van der Waals surface area contributed by atoms with E-state index in [2.05, 4.69) is 252 Å². The Labute approximate surface area is 402 Å². The molecular weight excluding hydrogens is 853 g/mol. The smallest absolute Gasteiger partial charge is 0.136 e. The van der Waals surface area contributed by atoms with Crippen molar-refractivity contribution < 1.29 is 8.83 Å². The van der Waals surface area contributed by atoms with E-state index in [0.717, 1.165) is 99.5 Å². The van der Waals surface area contributed by atoms with E-state index in [9.17, 15) is 0 Å². The SMILES string of the molecule is c1ccc(N(c2ccc3cc4c(cc3c2)oc2cc3c(cc24)oc2cc4cc(N(c5ccccc5)c5ccc6ccc7ccccc7c6c5)ccc4cc23)c2ccc3ccc4ccccc4c3c2)cc1. The van der Waals surface area contributed by atoms with Crippen LogP contribution in [0.5, 0.6) is 0 Å². The second-order valence-corrected chi connectivity index (χ2v) is 18.5. The van der Waals surface area contributed by atoms with Gasteiger partial charge < -0.3 is 18.6 Å². The van der Waals surface area contributed by atoms with Gasteiger partial charge in [-0.2, -0.15) is 0 Å². The highest BCUT2D eigenvalue weighted by molar-refractivity contribution is 6.19. The molecule has 4 nitrogen and oxygen atoms in total. The van der Waals surface area contributed by atoms with Gasteiger partial charge in [-0.15, -0.1) is 0 Å². The van der Waals surface area contributed by atoms with Gasteiger partial charge in [-0.05, 0) is 174 Å². The number of hydrogen-bond donors (Lipinski definition) is 0. The summed E-state index contributed by atoms with van der Waals surface area (Å²) in [5.41, 5.74) is 9.93. The zero-order valence-corrected chi connectivity index (χ0v) is 37.8. The van der Waals surface area contributed by atoms with Gasteiger partial charge in [0.15, 0.2) is 0 Å². The number of anilines is 6. The second kappa shape index (κ2) is 15.1. The first-order valence-corrected chi connectivity index (χ1v) is 23.9. The quantitative estimate of drug-likeness (QED) is 0.156. The molecule has 0 aliphatic rings. The summed E-state index contributed by atoms with van der Waals surface area (Å²) >= 11 is 0. The molecule has 0 N–H and O–H groups in total. The molecule has 13 aromatic carbocycles. The van der Waals surface area contributed by atoms with Gasteiger partial charge in [0.2, 0.25) is 0 Å². The third-order valence-corrected chi connectivity index (χ3v) is 14.5. The van der Waals surface area contributed by atoms with Crippen molar-refractivity contribution in [2.75, 3.05) is 9.80 Å². The maximum atomic E-state index is 6.75. The summed E-state index contributed by atoms with van der Waals surface area (Å²) in [6.07, 6.45) is 0. The van der Waals surface area contributed by atoms with Crippen molar-refractivity contribution >= 4 is 143 Å². The van der Waals surface area contributed by atoms with Crippen LogP contribution in [0.15, 0.2) is 251 Å². The number of nitrogens with zero attached hydrogens (tertiary/aromatic N) is 2. The summed E-state index contributed by atoms with van der Waals surface area (Å²) in [5, 5.41) is 18.6. The van der Waals surface area contributed by atoms with E-state index >= 15 is 0 Å². The molecule has 2 aromatic heterocycles. The van der Waals surface area contributed by atoms with Crippen molar-refractivity contribution in [1.29, 1.82) is 0 Å². The van der Waals surface area contributed by atoms with Gasteiger partial charge in [-0.1, -0.05) is 133 Å². The lowest BCUT2D eigenvalue weighted by atomic mass is 10.0. The van der Waals surface area contributed by atoms with Crippen LogP contribution in [0.2, 0.25) is 0 Å².